The number of benzene rings is 2. The molecule has 0 radical (unpaired) electrons. The Morgan fingerprint density at radius 2 is 1.93 bits per heavy atom. The van der Waals surface area contributed by atoms with Crippen molar-refractivity contribution in [2.45, 2.75) is 13.8 Å². The van der Waals surface area contributed by atoms with Crippen molar-refractivity contribution in [2.75, 3.05) is 5.32 Å². The third kappa shape index (κ3) is 3.27. The molecule has 134 valence electrons. The number of tetrazole rings is 1. The smallest absolute Gasteiger partial charge is 0.257 e. The summed E-state index contributed by atoms with van der Waals surface area (Å²) in [5.74, 6) is 0.432. The summed E-state index contributed by atoms with van der Waals surface area (Å²) in [4.78, 5) is 17.4. The Hall–Kier alpha value is -3.61. The quantitative estimate of drug-likeness (QED) is 0.607. The summed E-state index contributed by atoms with van der Waals surface area (Å²) in [5, 5.41) is 15.4. The van der Waals surface area contributed by atoms with Gasteiger partial charge < -0.3 is 5.32 Å². The highest BCUT2D eigenvalue weighted by molar-refractivity contribution is 6.07. The molecule has 2 aromatic carbocycles. The van der Waals surface area contributed by atoms with Crippen LogP contribution in [0.25, 0.3) is 22.3 Å². The van der Waals surface area contributed by atoms with Crippen LogP contribution in [0.2, 0.25) is 0 Å². The van der Waals surface area contributed by atoms with E-state index in [1.54, 1.807) is 11.7 Å². The van der Waals surface area contributed by atoms with Gasteiger partial charge in [-0.1, -0.05) is 23.8 Å². The molecule has 4 rings (SSSR count). The van der Waals surface area contributed by atoms with Crippen LogP contribution in [-0.4, -0.2) is 31.1 Å². The third-order valence-corrected chi connectivity index (χ3v) is 4.40. The van der Waals surface area contributed by atoms with E-state index in [0.717, 1.165) is 22.0 Å². The van der Waals surface area contributed by atoms with Crippen LogP contribution in [0, 0.1) is 13.8 Å². The van der Waals surface area contributed by atoms with Gasteiger partial charge in [0.1, 0.15) is 0 Å². The van der Waals surface area contributed by atoms with Crippen LogP contribution >= 0.6 is 0 Å². The van der Waals surface area contributed by atoms with Crippen LogP contribution in [0.5, 0.6) is 0 Å². The number of fused-ring (bicyclic) bond motifs is 1. The standard InChI is InChI=1S/C20H18N6O/c1-12-7-8-18-15(9-12)11-17(13(2)21-18)20(27)22-16-6-4-5-14(10-16)19-23-24-25-26(19)3/h4-11H,1-3H3,(H,22,27). The van der Waals surface area contributed by atoms with Gasteiger partial charge in [-0.15, -0.1) is 5.10 Å². The first-order valence-corrected chi connectivity index (χ1v) is 8.53. The number of amides is 1. The van der Waals surface area contributed by atoms with Crippen LogP contribution in [0.4, 0.5) is 5.69 Å². The number of hydrogen-bond acceptors (Lipinski definition) is 5. The molecule has 0 saturated carbocycles. The predicted molar refractivity (Wildman–Crippen MR) is 103 cm³/mol. The Kier molecular flexibility index (Phi) is 4.12. The number of nitrogens with one attached hydrogen (secondary N) is 1. The molecular weight excluding hydrogens is 340 g/mol. The third-order valence-electron chi connectivity index (χ3n) is 4.40. The molecule has 7 nitrogen and oxygen atoms in total. The fourth-order valence-electron chi connectivity index (χ4n) is 3.03. The second-order valence-corrected chi connectivity index (χ2v) is 6.48. The molecule has 0 saturated heterocycles. The van der Waals surface area contributed by atoms with E-state index in [9.17, 15) is 4.79 Å². The number of hydrogen-bond donors (Lipinski definition) is 1. The Morgan fingerprint density at radius 3 is 2.70 bits per heavy atom. The number of nitrogens with zero attached hydrogens (tertiary/aromatic N) is 5. The number of rotatable bonds is 3. The highest BCUT2D eigenvalue weighted by atomic mass is 16.1. The van der Waals surface area contributed by atoms with Crippen molar-refractivity contribution >= 4 is 22.5 Å². The zero-order valence-corrected chi connectivity index (χ0v) is 15.3. The van der Waals surface area contributed by atoms with Crippen LogP contribution in [0.3, 0.4) is 0 Å². The van der Waals surface area contributed by atoms with Gasteiger partial charge in [-0.05, 0) is 54.6 Å². The molecule has 0 aliphatic carbocycles. The van der Waals surface area contributed by atoms with E-state index in [-0.39, 0.29) is 5.91 Å². The van der Waals surface area contributed by atoms with Gasteiger partial charge in [0.05, 0.1) is 16.8 Å². The average molecular weight is 358 g/mol. The number of carbonyl (C=O) groups is 1. The summed E-state index contributed by atoms with van der Waals surface area (Å²) >= 11 is 0. The van der Waals surface area contributed by atoms with Crippen LogP contribution in [0.1, 0.15) is 21.6 Å². The SMILES string of the molecule is Cc1ccc2nc(C)c(C(=O)Nc3cccc(-c4nnnn4C)c3)cc2c1. The van der Waals surface area contributed by atoms with E-state index in [0.29, 0.717) is 22.8 Å². The molecule has 0 fully saturated rings. The largest absolute Gasteiger partial charge is 0.322 e. The molecule has 1 N–H and O–H groups in total. The molecule has 2 heterocycles. The highest BCUT2D eigenvalue weighted by Crippen LogP contribution is 2.22. The summed E-state index contributed by atoms with van der Waals surface area (Å²) < 4.78 is 1.58. The van der Waals surface area contributed by atoms with Crippen LogP contribution < -0.4 is 5.32 Å². The molecule has 0 bridgehead atoms. The molecular formula is C20H18N6O. The second-order valence-electron chi connectivity index (χ2n) is 6.48. The van der Waals surface area contributed by atoms with Gasteiger partial charge in [-0.3, -0.25) is 9.78 Å². The maximum atomic E-state index is 12.8. The first-order valence-electron chi connectivity index (χ1n) is 8.53. The van der Waals surface area contributed by atoms with Crippen LogP contribution in [0.15, 0.2) is 48.5 Å². The minimum absolute atomic E-state index is 0.198. The van der Waals surface area contributed by atoms with Crippen molar-refractivity contribution < 1.29 is 4.79 Å². The van der Waals surface area contributed by atoms with Gasteiger partial charge in [0.25, 0.3) is 5.91 Å². The number of pyridine rings is 1. The van der Waals surface area contributed by atoms with Crippen molar-refractivity contribution in [3.8, 4) is 11.4 Å². The molecule has 0 aliphatic heterocycles. The first kappa shape index (κ1) is 16.8. The van der Waals surface area contributed by atoms with Crippen molar-refractivity contribution in [3.05, 3.63) is 65.4 Å². The lowest BCUT2D eigenvalue weighted by atomic mass is 10.1. The van der Waals surface area contributed by atoms with E-state index in [1.165, 1.54) is 0 Å². The molecule has 0 atom stereocenters. The van der Waals surface area contributed by atoms with E-state index < -0.39 is 0 Å². The van der Waals surface area contributed by atoms with Gasteiger partial charge in [-0.2, -0.15) is 0 Å². The predicted octanol–water partition coefficient (Wildman–Crippen LogP) is 3.29. The summed E-state index contributed by atoms with van der Waals surface area (Å²) in [6.07, 6.45) is 0. The van der Waals surface area contributed by atoms with Gasteiger partial charge in [0.2, 0.25) is 0 Å². The van der Waals surface area contributed by atoms with Crippen molar-refractivity contribution in [2.24, 2.45) is 7.05 Å². The summed E-state index contributed by atoms with van der Waals surface area (Å²) in [6.45, 7) is 3.86. The maximum absolute atomic E-state index is 12.8. The Bertz CT molecular complexity index is 1160. The number of anilines is 1. The summed E-state index contributed by atoms with van der Waals surface area (Å²) in [7, 11) is 1.77. The minimum atomic E-state index is -0.198. The topological polar surface area (TPSA) is 85.6 Å². The van der Waals surface area contributed by atoms with Crippen molar-refractivity contribution in [1.82, 2.24) is 25.2 Å². The van der Waals surface area contributed by atoms with Gasteiger partial charge in [0, 0.05) is 23.7 Å². The fourth-order valence-corrected chi connectivity index (χ4v) is 3.03. The van der Waals surface area contributed by atoms with Crippen molar-refractivity contribution in [1.29, 1.82) is 0 Å². The minimum Gasteiger partial charge on any atom is -0.322 e. The van der Waals surface area contributed by atoms with Gasteiger partial charge in [0.15, 0.2) is 5.82 Å². The normalized spacial score (nSPS) is 10.9. The van der Waals surface area contributed by atoms with Gasteiger partial charge in [-0.25, -0.2) is 4.68 Å². The molecule has 2 aromatic heterocycles. The zero-order valence-electron chi connectivity index (χ0n) is 15.3. The van der Waals surface area contributed by atoms with E-state index in [2.05, 4.69) is 25.8 Å². The lowest BCUT2D eigenvalue weighted by Gasteiger charge is -2.10. The fraction of sp³-hybridized carbons (Fsp3) is 0.150. The Balaban J connectivity index is 1.66. The second kappa shape index (κ2) is 6.60. The summed E-state index contributed by atoms with van der Waals surface area (Å²) in [5.41, 5.74) is 4.75. The molecule has 27 heavy (non-hydrogen) atoms. The molecule has 7 heteroatoms. The van der Waals surface area contributed by atoms with Gasteiger partial charge >= 0.3 is 0 Å². The highest BCUT2D eigenvalue weighted by Gasteiger charge is 2.13. The molecule has 0 aliphatic rings. The molecule has 4 aromatic rings. The van der Waals surface area contributed by atoms with E-state index in [1.807, 2.05) is 62.4 Å². The number of aryl methyl sites for hydroxylation is 3. The monoisotopic (exact) mass is 358 g/mol. The number of aromatic nitrogens is 5. The van der Waals surface area contributed by atoms with E-state index in [4.69, 9.17) is 0 Å². The Labute approximate surface area is 156 Å². The zero-order chi connectivity index (χ0) is 19.0. The summed E-state index contributed by atoms with van der Waals surface area (Å²) in [6, 6.07) is 15.3. The molecule has 1 amide bonds. The van der Waals surface area contributed by atoms with Crippen molar-refractivity contribution in [3.63, 3.8) is 0 Å². The van der Waals surface area contributed by atoms with Crippen LogP contribution in [-0.2, 0) is 7.05 Å². The maximum Gasteiger partial charge on any atom is 0.257 e. The average Bonchev–Trinajstić information content (AvgIpc) is 3.07. The Morgan fingerprint density at radius 1 is 1.07 bits per heavy atom. The van der Waals surface area contributed by atoms with E-state index >= 15 is 0 Å². The lowest BCUT2D eigenvalue weighted by Crippen LogP contribution is -2.14. The lowest BCUT2D eigenvalue weighted by molar-refractivity contribution is 0.102. The molecule has 0 unspecified atom stereocenters. The molecule has 0 spiro atoms. The number of carbonyl (C=O) groups excluding carboxylic acids is 1. The first-order chi connectivity index (χ1) is 13.0.